The maximum Gasteiger partial charge on any atom is 0.220 e. The molecule has 0 saturated heterocycles. The van der Waals surface area contributed by atoms with Crippen molar-refractivity contribution < 1.29 is 23.3 Å². The molecule has 0 bridgehead atoms. The van der Waals surface area contributed by atoms with Crippen molar-refractivity contribution in [3.63, 3.8) is 0 Å². The molecule has 2 aliphatic heterocycles. The Morgan fingerprint density at radius 1 is 0.358 bits per heavy atom. The quantitative estimate of drug-likeness (QED) is 0.136. The van der Waals surface area contributed by atoms with E-state index in [4.69, 9.17) is 14.2 Å². The predicted molar refractivity (Wildman–Crippen MR) is 215 cm³/mol. The number of anilines is 2. The lowest BCUT2D eigenvalue weighted by Gasteiger charge is -2.24. The number of hydrogen-bond donors (Lipinski definition) is 2. The fraction of sp³-hybridized carbons (Fsp3) is 0. The van der Waals surface area contributed by atoms with Gasteiger partial charge in [0.1, 0.15) is 34.5 Å². The van der Waals surface area contributed by atoms with Crippen molar-refractivity contribution in [2.75, 3.05) is 10.2 Å². The summed E-state index contributed by atoms with van der Waals surface area (Å²) in [4.78, 5) is 0. The molecule has 0 radical (unpaired) electrons. The Balaban J connectivity index is 0.976. The van der Waals surface area contributed by atoms with Crippen molar-refractivity contribution in [2.45, 2.75) is 0 Å². The lowest BCUT2D eigenvalue weighted by Crippen LogP contribution is -2.03. The van der Waals surface area contributed by atoms with E-state index in [1.165, 1.54) is 0 Å². The zero-order valence-corrected chi connectivity index (χ0v) is 30.2. The van der Waals surface area contributed by atoms with Crippen molar-refractivity contribution in [1.29, 1.82) is 0 Å². The normalized spacial score (nSPS) is 15.6. The maximum atomic E-state index is 14.3. The molecule has 0 aliphatic carbocycles. The molecular formula is C44H34N2O5P2. The van der Waals surface area contributed by atoms with Crippen LogP contribution in [0.2, 0.25) is 0 Å². The fourth-order valence-electron chi connectivity index (χ4n) is 5.92. The molecule has 8 rings (SSSR count). The van der Waals surface area contributed by atoms with E-state index in [2.05, 4.69) is 10.2 Å². The van der Waals surface area contributed by atoms with Crippen LogP contribution in [-0.2, 0) is 18.6 Å². The Morgan fingerprint density at radius 3 is 0.887 bits per heavy atom. The lowest BCUT2D eigenvalue weighted by atomic mass is 10.2. The number of benzene rings is 6. The smallest absolute Gasteiger partial charge is 0.220 e. The second-order valence-electron chi connectivity index (χ2n) is 12.4. The Kier molecular flexibility index (Phi) is 9.43. The van der Waals surface area contributed by atoms with Gasteiger partial charge in [-0.25, -0.2) is 0 Å². The minimum absolute atomic E-state index is 0.530. The minimum Gasteiger partial charge on any atom is -0.457 e. The van der Waals surface area contributed by atoms with Crippen LogP contribution < -0.4 is 14.9 Å². The Morgan fingerprint density at radius 2 is 0.623 bits per heavy atom. The van der Waals surface area contributed by atoms with E-state index in [9.17, 15) is 9.13 Å². The largest absolute Gasteiger partial charge is 0.457 e. The van der Waals surface area contributed by atoms with Gasteiger partial charge >= 0.3 is 0 Å². The average molecular weight is 733 g/mol. The number of nitrogens with one attached hydrogen (secondary N) is 2. The van der Waals surface area contributed by atoms with Crippen LogP contribution in [0.4, 0.5) is 11.4 Å². The molecule has 7 nitrogen and oxygen atoms in total. The molecule has 9 heteroatoms. The standard InChI is InChI=1S/C44H34N2O5P2/c47-52(29-41(33-13-5-1-6-14-33)50-42(30-52)34-15-7-2-8-16-34)45-37-21-25-39(26-22-37)49-40-27-23-38(24-28-40)46-53(48)31-43(35-17-9-3-10-18-35)51-44(32-53)36-19-11-4-12-20-36/h1-32H,(H,45,47)(H,46,48). The molecule has 6 aromatic carbocycles. The number of hydrogen-bond acceptors (Lipinski definition) is 5. The molecule has 260 valence electrons. The van der Waals surface area contributed by atoms with E-state index < -0.39 is 14.6 Å². The van der Waals surface area contributed by atoms with Crippen LogP contribution in [0.15, 0.2) is 193 Å². The number of rotatable bonds is 10. The van der Waals surface area contributed by atoms with Gasteiger partial charge in [0.25, 0.3) is 0 Å². The lowest BCUT2D eigenvalue weighted by molar-refractivity contribution is 0.468. The van der Waals surface area contributed by atoms with E-state index in [1.807, 2.05) is 170 Å². The Hall–Kier alpha value is -6.26. The summed E-state index contributed by atoms with van der Waals surface area (Å²) >= 11 is 0. The first-order valence-corrected chi connectivity index (χ1v) is 20.7. The summed E-state index contributed by atoms with van der Waals surface area (Å²) in [7, 11) is -6.43. The SMILES string of the molecule is O=P1(Nc2ccc(Oc3ccc(NP4(=O)C=C(c5ccccc5)OC(c5ccccc5)=C4)cc3)cc2)C=C(c2ccccc2)OC(c2ccccc2)=C1. The van der Waals surface area contributed by atoms with Crippen LogP contribution in [0, 0.1) is 0 Å². The summed E-state index contributed by atoms with van der Waals surface area (Å²) in [6.45, 7) is 0. The molecule has 0 fully saturated rings. The second kappa shape index (κ2) is 14.8. The van der Waals surface area contributed by atoms with E-state index in [-0.39, 0.29) is 0 Å². The Labute approximate surface area is 308 Å². The molecule has 0 unspecified atom stereocenters. The van der Waals surface area contributed by atoms with Crippen molar-refractivity contribution in [1.82, 2.24) is 0 Å². The molecule has 2 aliphatic rings. The molecule has 0 amide bonds. The maximum absolute atomic E-state index is 14.3. The molecule has 53 heavy (non-hydrogen) atoms. The van der Waals surface area contributed by atoms with Gasteiger partial charge in [0, 0.05) is 56.9 Å². The Bertz CT molecular complexity index is 2150. The van der Waals surface area contributed by atoms with Gasteiger partial charge < -0.3 is 24.4 Å². The molecule has 2 N–H and O–H groups in total. The third-order valence-electron chi connectivity index (χ3n) is 8.46. The van der Waals surface area contributed by atoms with Gasteiger partial charge in [0.05, 0.1) is 0 Å². The average Bonchev–Trinajstić information content (AvgIpc) is 3.20. The summed E-state index contributed by atoms with van der Waals surface area (Å²) in [6, 6.07) is 53.2. The minimum atomic E-state index is -3.22. The van der Waals surface area contributed by atoms with Crippen LogP contribution in [0.3, 0.4) is 0 Å². The summed E-state index contributed by atoms with van der Waals surface area (Å²) in [5, 5.41) is 6.48. The van der Waals surface area contributed by atoms with Crippen LogP contribution in [0.1, 0.15) is 22.3 Å². The molecular weight excluding hydrogens is 698 g/mol. The van der Waals surface area contributed by atoms with Crippen LogP contribution in [0.5, 0.6) is 11.5 Å². The third kappa shape index (κ3) is 8.13. The monoisotopic (exact) mass is 732 g/mol. The van der Waals surface area contributed by atoms with Crippen molar-refractivity contribution in [2.24, 2.45) is 0 Å². The summed E-state index contributed by atoms with van der Waals surface area (Å²) in [6.07, 6.45) is 0. The molecule has 0 aromatic heterocycles. The van der Waals surface area contributed by atoms with Gasteiger partial charge in [0.2, 0.25) is 14.6 Å². The van der Waals surface area contributed by atoms with Gasteiger partial charge in [-0.2, -0.15) is 0 Å². The van der Waals surface area contributed by atoms with Crippen molar-refractivity contribution in [3.05, 3.63) is 215 Å². The first-order chi connectivity index (χ1) is 25.9. The summed E-state index contributed by atoms with van der Waals surface area (Å²) < 4.78 is 47.2. The van der Waals surface area contributed by atoms with E-state index >= 15 is 0 Å². The van der Waals surface area contributed by atoms with Gasteiger partial charge in [-0.05, 0) is 48.5 Å². The van der Waals surface area contributed by atoms with Gasteiger partial charge in [-0.1, -0.05) is 121 Å². The molecule has 0 spiro atoms. The van der Waals surface area contributed by atoms with Gasteiger partial charge in [0.15, 0.2) is 0 Å². The van der Waals surface area contributed by atoms with Crippen molar-refractivity contribution >= 4 is 49.0 Å². The highest BCUT2D eigenvalue weighted by Gasteiger charge is 2.28. The van der Waals surface area contributed by atoms with Crippen LogP contribution >= 0.6 is 14.6 Å². The van der Waals surface area contributed by atoms with E-state index in [0.717, 1.165) is 22.3 Å². The van der Waals surface area contributed by atoms with E-state index in [1.54, 1.807) is 23.3 Å². The topological polar surface area (TPSA) is 85.9 Å². The fourth-order valence-corrected chi connectivity index (χ4v) is 9.63. The predicted octanol–water partition coefficient (Wildman–Crippen LogP) is 12.9. The second-order valence-corrected chi connectivity index (χ2v) is 16.8. The highest BCUT2D eigenvalue weighted by molar-refractivity contribution is 7.72. The molecule has 2 heterocycles. The molecule has 6 aromatic rings. The third-order valence-corrected chi connectivity index (χ3v) is 12.1. The molecule has 0 saturated carbocycles. The summed E-state index contributed by atoms with van der Waals surface area (Å²) in [5.74, 6) is 9.99. The summed E-state index contributed by atoms with van der Waals surface area (Å²) in [5.41, 5.74) is 4.68. The zero-order chi connectivity index (χ0) is 36.1. The van der Waals surface area contributed by atoms with Gasteiger partial charge in [-0.15, -0.1) is 0 Å². The van der Waals surface area contributed by atoms with Gasteiger partial charge in [-0.3, -0.25) is 9.13 Å². The highest BCUT2D eigenvalue weighted by atomic mass is 31.2. The number of ether oxygens (including phenoxy) is 3. The van der Waals surface area contributed by atoms with E-state index in [0.29, 0.717) is 45.9 Å². The zero-order valence-electron chi connectivity index (χ0n) is 28.4. The highest BCUT2D eigenvalue weighted by Crippen LogP contribution is 2.57. The first kappa shape index (κ1) is 33.9. The van der Waals surface area contributed by atoms with Crippen molar-refractivity contribution in [3.8, 4) is 11.5 Å². The molecule has 0 atom stereocenters. The van der Waals surface area contributed by atoms with Crippen LogP contribution in [0.25, 0.3) is 23.0 Å². The first-order valence-electron chi connectivity index (χ1n) is 17.0. The van der Waals surface area contributed by atoms with Crippen LogP contribution in [-0.4, -0.2) is 0 Å².